The van der Waals surface area contributed by atoms with Crippen LogP contribution in [0.2, 0.25) is 0 Å². The van der Waals surface area contributed by atoms with Crippen molar-refractivity contribution in [3.05, 3.63) is 63.4 Å². The highest BCUT2D eigenvalue weighted by Gasteiger charge is 2.30. The fourth-order valence-electron chi connectivity index (χ4n) is 3.73. The minimum absolute atomic E-state index is 0.0220. The van der Waals surface area contributed by atoms with E-state index in [0.29, 0.717) is 30.1 Å². The van der Waals surface area contributed by atoms with Crippen molar-refractivity contribution >= 4 is 32.9 Å². The first kappa shape index (κ1) is 20.0. The summed E-state index contributed by atoms with van der Waals surface area (Å²) in [4.78, 5) is 16.7. The predicted molar refractivity (Wildman–Crippen MR) is 107 cm³/mol. The van der Waals surface area contributed by atoms with Crippen LogP contribution in [-0.2, 0) is 15.9 Å². The lowest BCUT2D eigenvalue weighted by Crippen LogP contribution is -2.18. The number of hydrogen-bond donors (Lipinski definition) is 0. The van der Waals surface area contributed by atoms with Gasteiger partial charge >= 0.3 is 5.97 Å². The third-order valence-corrected chi connectivity index (χ3v) is 5.89. The van der Waals surface area contributed by atoms with E-state index in [1.54, 1.807) is 18.2 Å². The molecule has 8 heteroatoms. The van der Waals surface area contributed by atoms with Crippen molar-refractivity contribution in [2.75, 3.05) is 20.3 Å². The fraction of sp³-hybridized carbons (Fsp3) is 0.333. The summed E-state index contributed by atoms with van der Waals surface area (Å²) in [5, 5.41) is 0. The summed E-state index contributed by atoms with van der Waals surface area (Å²) >= 11 is 3.00. The van der Waals surface area contributed by atoms with E-state index in [1.807, 2.05) is 4.57 Å². The van der Waals surface area contributed by atoms with E-state index < -0.39 is 17.6 Å². The van der Waals surface area contributed by atoms with Crippen molar-refractivity contribution in [2.45, 2.75) is 19.4 Å². The highest BCUT2D eigenvalue weighted by molar-refractivity contribution is 9.10. The topological polar surface area (TPSA) is 53.3 Å². The number of carbonyl (C=O) groups is 1. The van der Waals surface area contributed by atoms with Crippen LogP contribution in [0.5, 0.6) is 0 Å². The molecule has 2 atom stereocenters. The first-order chi connectivity index (χ1) is 13.9. The number of hydrogen-bond acceptors (Lipinski definition) is 4. The summed E-state index contributed by atoms with van der Waals surface area (Å²) in [5.74, 6) is -0.695. The van der Waals surface area contributed by atoms with E-state index in [1.165, 1.54) is 13.2 Å². The van der Waals surface area contributed by atoms with Gasteiger partial charge in [-0.3, -0.25) is 0 Å². The van der Waals surface area contributed by atoms with E-state index in [-0.39, 0.29) is 28.4 Å². The molecular formula is C21H19BrF2N2O3. The van der Waals surface area contributed by atoms with E-state index in [0.717, 1.165) is 11.6 Å². The van der Waals surface area contributed by atoms with Crippen LogP contribution in [0.1, 0.15) is 34.7 Å². The molecule has 1 saturated heterocycles. The highest BCUT2D eigenvalue weighted by atomic mass is 79.9. The Morgan fingerprint density at radius 1 is 1.28 bits per heavy atom. The molecule has 0 aliphatic carbocycles. The van der Waals surface area contributed by atoms with E-state index in [9.17, 15) is 13.6 Å². The normalized spacial score (nSPS) is 19.1. The molecule has 0 radical (unpaired) electrons. The molecule has 4 rings (SSSR count). The van der Waals surface area contributed by atoms with Crippen LogP contribution in [0.25, 0.3) is 11.0 Å². The second-order valence-corrected chi connectivity index (χ2v) is 8.06. The van der Waals surface area contributed by atoms with Crippen molar-refractivity contribution < 1.29 is 23.0 Å². The molecule has 0 N–H and O–H groups in total. The Morgan fingerprint density at radius 2 is 2.07 bits per heavy atom. The second kappa shape index (κ2) is 7.84. The molecule has 0 spiro atoms. The van der Waals surface area contributed by atoms with Crippen LogP contribution in [0.3, 0.4) is 0 Å². The quantitative estimate of drug-likeness (QED) is 0.416. The van der Waals surface area contributed by atoms with Gasteiger partial charge in [-0.05, 0) is 51.8 Å². The van der Waals surface area contributed by atoms with Crippen LogP contribution >= 0.6 is 15.9 Å². The molecular weight excluding hydrogens is 446 g/mol. The maximum atomic E-state index is 14.5. The van der Waals surface area contributed by atoms with Gasteiger partial charge < -0.3 is 14.0 Å². The van der Waals surface area contributed by atoms with Crippen LogP contribution in [0, 0.1) is 17.6 Å². The molecule has 1 aliphatic rings. The maximum Gasteiger partial charge on any atom is 0.337 e. The molecule has 1 aromatic heterocycles. The van der Waals surface area contributed by atoms with E-state index >= 15 is 0 Å². The van der Waals surface area contributed by atoms with Gasteiger partial charge in [0.15, 0.2) is 0 Å². The monoisotopic (exact) mass is 464 g/mol. The van der Waals surface area contributed by atoms with Crippen molar-refractivity contribution in [1.29, 1.82) is 0 Å². The van der Waals surface area contributed by atoms with Gasteiger partial charge in [-0.1, -0.05) is 6.92 Å². The lowest BCUT2D eigenvalue weighted by Gasteiger charge is -2.20. The van der Waals surface area contributed by atoms with Gasteiger partial charge in [0.25, 0.3) is 0 Å². The van der Waals surface area contributed by atoms with Crippen LogP contribution in [-0.4, -0.2) is 35.8 Å². The van der Waals surface area contributed by atoms with Gasteiger partial charge in [0.05, 0.1) is 47.4 Å². The van der Waals surface area contributed by atoms with Crippen molar-refractivity contribution in [3.8, 4) is 0 Å². The SMILES string of the molecule is COC(=O)c1ccc2nc(Cc3cc(F)c(Br)cc3F)n([C@@H]3COC[C@@H]3C)c2c1. The molecule has 3 aromatic rings. The van der Waals surface area contributed by atoms with Gasteiger partial charge in [-0.25, -0.2) is 18.6 Å². The fourth-order valence-corrected chi connectivity index (χ4v) is 4.05. The summed E-state index contributed by atoms with van der Waals surface area (Å²) < 4.78 is 41.0. The van der Waals surface area contributed by atoms with Crippen LogP contribution in [0.15, 0.2) is 34.8 Å². The largest absolute Gasteiger partial charge is 0.465 e. The molecule has 0 amide bonds. The molecule has 1 aliphatic heterocycles. The number of rotatable bonds is 4. The first-order valence-corrected chi connectivity index (χ1v) is 9.98. The number of methoxy groups -OCH3 is 1. The van der Waals surface area contributed by atoms with Crippen LogP contribution in [0.4, 0.5) is 8.78 Å². The number of aromatic nitrogens is 2. The summed E-state index contributed by atoms with van der Waals surface area (Å²) in [6, 6.07) is 7.38. The smallest absolute Gasteiger partial charge is 0.337 e. The summed E-state index contributed by atoms with van der Waals surface area (Å²) in [5.41, 5.74) is 2.02. The molecule has 2 aromatic carbocycles. The van der Waals surface area contributed by atoms with E-state index in [4.69, 9.17) is 9.47 Å². The zero-order valence-corrected chi connectivity index (χ0v) is 17.5. The predicted octanol–water partition coefficient (Wildman–Crippen LogP) is 4.66. The maximum absolute atomic E-state index is 14.5. The number of imidazole rings is 1. The average Bonchev–Trinajstić information content (AvgIpc) is 3.27. The molecule has 0 saturated carbocycles. The second-order valence-electron chi connectivity index (χ2n) is 7.21. The Kier molecular flexibility index (Phi) is 5.40. The highest BCUT2D eigenvalue weighted by Crippen LogP contribution is 2.33. The lowest BCUT2D eigenvalue weighted by molar-refractivity contribution is 0.0601. The number of benzene rings is 2. The zero-order valence-electron chi connectivity index (χ0n) is 15.9. The van der Waals surface area contributed by atoms with Crippen molar-refractivity contribution in [3.63, 3.8) is 0 Å². The Morgan fingerprint density at radius 3 is 2.76 bits per heavy atom. The third kappa shape index (κ3) is 3.67. The molecule has 0 bridgehead atoms. The Labute approximate surface area is 174 Å². The van der Waals surface area contributed by atoms with Crippen LogP contribution < -0.4 is 0 Å². The van der Waals surface area contributed by atoms with E-state index in [2.05, 4.69) is 27.8 Å². The van der Waals surface area contributed by atoms with Gasteiger partial charge in [-0.2, -0.15) is 0 Å². The number of nitrogens with zero attached hydrogens (tertiary/aromatic N) is 2. The molecule has 0 unspecified atom stereocenters. The summed E-state index contributed by atoms with van der Waals surface area (Å²) in [6.07, 6.45) is 0.113. The lowest BCUT2D eigenvalue weighted by atomic mass is 10.0. The van der Waals surface area contributed by atoms with Crippen molar-refractivity contribution in [1.82, 2.24) is 9.55 Å². The Balaban J connectivity index is 1.86. The standard InChI is InChI=1S/C21H19BrF2N2O3/c1-11-9-29-10-19(11)26-18-6-12(21(27)28-2)3-4-17(18)25-20(26)7-13-5-16(24)14(22)8-15(13)23/h3-6,8,11,19H,7,9-10H2,1-2H3/t11-,19+/m0/s1. The number of ether oxygens (including phenoxy) is 2. The molecule has 152 valence electrons. The molecule has 5 nitrogen and oxygen atoms in total. The minimum atomic E-state index is -0.533. The molecule has 2 heterocycles. The molecule has 29 heavy (non-hydrogen) atoms. The Hall–Kier alpha value is -2.32. The van der Waals surface area contributed by atoms with Gasteiger partial charge in [0, 0.05) is 12.3 Å². The number of esters is 1. The Bertz CT molecular complexity index is 1100. The van der Waals surface area contributed by atoms with Gasteiger partial charge in [0.2, 0.25) is 0 Å². The molecule has 1 fully saturated rings. The number of fused-ring (bicyclic) bond motifs is 1. The summed E-state index contributed by atoms with van der Waals surface area (Å²) in [6.45, 7) is 3.15. The third-order valence-electron chi connectivity index (χ3n) is 5.28. The minimum Gasteiger partial charge on any atom is -0.465 e. The zero-order chi connectivity index (χ0) is 20.7. The number of halogens is 3. The van der Waals surface area contributed by atoms with Gasteiger partial charge in [-0.15, -0.1) is 0 Å². The van der Waals surface area contributed by atoms with Crippen molar-refractivity contribution in [2.24, 2.45) is 5.92 Å². The summed E-state index contributed by atoms with van der Waals surface area (Å²) in [7, 11) is 1.33. The number of carbonyl (C=O) groups excluding carboxylic acids is 1. The average molecular weight is 465 g/mol. The first-order valence-electron chi connectivity index (χ1n) is 9.19. The van der Waals surface area contributed by atoms with Gasteiger partial charge in [0.1, 0.15) is 17.5 Å².